The SMILES string of the molecule is O=C(O)CC1(CNC(=O)N2CCS(=O)CC2)CCC1. The lowest BCUT2D eigenvalue weighted by Crippen LogP contribution is -2.51. The van der Waals surface area contributed by atoms with Gasteiger partial charge in [0.25, 0.3) is 0 Å². The summed E-state index contributed by atoms with van der Waals surface area (Å²) in [5.74, 6) is 0.267. The Kier molecular flexibility index (Phi) is 4.44. The number of carbonyl (C=O) groups excluding carboxylic acids is 1. The van der Waals surface area contributed by atoms with Gasteiger partial charge in [-0.2, -0.15) is 0 Å². The molecule has 2 amide bonds. The van der Waals surface area contributed by atoms with Crippen LogP contribution in [-0.4, -0.2) is 57.4 Å². The third kappa shape index (κ3) is 3.68. The van der Waals surface area contributed by atoms with Crippen LogP contribution < -0.4 is 5.32 Å². The second kappa shape index (κ2) is 5.90. The summed E-state index contributed by atoms with van der Waals surface area (Å²) in [5, 5.41) is 11.7. The van der Waals surface area contributed by atoms with Crippen LogP contribution >= 0.6 is 0 Å². The van der Waals surface area contributed by atoms with E-state index in [1.54, 1.807) is 4.90 Å². The summed E-state index contributed by atoms with van der Waals surface area (Å²) >= 11 is 0. The molecule has 2 rings (SSSR count). The Bertz CT molecular complexity index is 385. The smallest absolute Gasteiger partial charge is 0.317 e. The van der Waals surface area contributed by atoms with Gasteiger partial charge in [-0.15, -0.1) is 0 Å². The van der Waals surface area contributed by atoms with Gasteiger partial charge in [0.2, 0.25) is 0 Å². The lowest BCUT2D eigenvalue weighted by atomic mass is 9.66. The highest BCUT2D eigenvalue weighted by atomic mass is 32.2. The van der Waals surface area contributed by atoms with E-state index >= 15 is 0 Å². The lowest BCUT2D eigenvalue weighted by molar-refractivity contribution is -0.141. The predicted octanol–water partition coefficient (Wildman–Crippen LogP) is 0.405. The number of rotatable bonds is 4. The van der Waals surface area contributed by atoms with Gasteiger partial charge in [0.1, 0.15) is 0 Å². The van der Waals surface area contributed by atoms with Crippen molar-refractivity contribution in [1.29, 1.82) is 0 Å². The molecule has 0 unspecified atom stereocenters. The molecule has 2 aliphatic rings. The zero-order chi connectivity index (χ0) is 13.9. The van der Waals surface area contributed by atoms with Gasteiger partial charge in [0.05, 0.1) is 6.42 Å². The molecule has 2 fully saturated rings. The van der Waals surface area contributed by atoms with Crippen LogP contribution in [-0.2, 0) is 15.6 Å². The molecule has 1 heterocycles. The molecule has 108 valence electrons. The van der Waals surface area contributed by atoms with E-state index in [9.17, 15) is 13.8 Å². The first-order valence-corrected chi connectivity index (χ1v) is 8.09. The quantitative estimate of drug-likeness (QED) is 0.784. The number of urea groups is 1. The van der Waals surface area contributed by atoms with E-state index in [-0.39, 0.29) is 17.9 Å². The molecule has 1 aliphatic heterocycles. The monoisotopic (exact) mass is 288 g/mol. The van der Waals surface area contributed by atoms with Crippen LogP contribution in [0.2, 0.25) is 0 Å². The number of hydrogen-bond acceptors (Lipinski definition) is 3. The van der Waals surface area contributed by atoms with E-state index in [4.69, 9.17) is 5.11 Å². The minimum atomic E-state index is -0.803. The van der Waals surface area contributed by atoms with E-state index in [2.05, 4.69) is 5.32 Å². The van der Waals surface area contributed by atoms with Gasteiger partial charge in [0, 0.05) is 41.9 Å². The van der Waals surface area contributed by atoms with E-state index < -0.39 is 16.8 Å². The van der Waals surface area contributed by atoms with Crippen LogP contribution in [0, 0.1) is 5.41 Å². The number of hydrogen-bond donors (Lipinski definition) is 2. The summed E-state index contributed by atoms with van der Waals surface area (Å²) in [6, 6.07) is -0.159. The van der Waals surface area contributed by atoms with Gasteiger partial charge in [-0.1, -0.05) is 6.42 Å². The minimum absolute atomic E-state index is 0.122. The van der Waals surface area contributed by atoms with E-state index in [1.807, 2.05) is 0 Å². The zero-order valence-corrected chi connectivity index (χ0v) is 11.7. The molecule has 0 aromatic heterocycles. The first-order chi connectivity index (χ1) is 9.01. The fraction of sp³-hybridized carbons (Fsp3) is 0.833. The van der Waals surface area contributed by atoms with Crippen molar-refractivity contribution in [2.45, 2.75) is 25.7 Å². The number of nitrogens with one attached hydrogen (secondary N) is 1. The van der Waals surface area contributed by atoms with Gasteiger partial charge in [0.15, 0.2) is 0 Å². The molecule has 0 bridgehead atoms. The number of carboxylic acids is 1. The second-order valence-corrected chi connectivity index (χ2v) is 7.11. The van der Waals surface area contributed by atoms with Crippen LogP contribution in [0.15, 0.2) is 0 Å². The standard InChI is InChI=1S/C12H20N2O4S/c15-10(16)8-12(2-1-3-12)9-13-11(17)14-4-6-19(18)7-5-14/h1-9H2,(H,13,17)(H,15,16). The highest BCUT2D eigenvalue weighted by molar-refractivity contribution is 7.85. The van der Waals surface area contributed by atoms with Gasteiger partial charge >= 0.3 is 12.0 Å². The van der Waals surface area contributed by atoms with E-state index in [0.717, 1.165) is 19.3 Å². The minimum Gasteiger partial charge on any atom is -0.481 e. The third-order valence-corrected chi connectivity index (χ3v) is 5.30. The number of aliphatic carboxylic acids is 1. The van der Waals surface area contributed by atoms with Gasteiger partial charge in [-0.25, -0.2) is 4.79 Å². The van der Waals surface area contributed by atoms with Crippen molar-refractivity contribution >= 4 is 22.8 Å². The summed E-state index contributed by atoms with van der Waals surface area (Å²) in [6.45, 7) is 1.46. The van der Waals surface area contributed by atoms with Crippen LogP contribution in [0.25, 0.3) is 0 Å². The van der Waals surface area contributed by atoms with Crippen molar-refractivity contribution in [1.82, 2.24) is 10.2 Å². The molecule has 0 radical (unpaired) electrons. The Morgan fingerprint density at radius 2 is 1.89 bits per heavy atom. The summed E-state index contributed by atoms with van der Waals surface area (Å²) in [6.07, 6.45) is 2.89. The average molecular weight is 288 g/mol. The molecule has 7 heteroatoms. The molecule has 1 saturated heterocycles. The second-order valence-electron chi connectivity index (χ2n) is 5.42. The Balaban J connectivity index is 1.79. The molecule has 1 saturated carbocycles. The van der Waals surface area contributed by atoms with E-state index in [0.29, 0.717) is 31.1 Å². The zero-order valence-electron chi connectivity index (χ0n) is 10.9. The Morgan fingerprint density at radius 1 is 1.26 bits per heavy atom. The molecular weight excluding hydrogens is 268 g/mol. The number of nitrogens with zero attached hydrogens (tertiary/aromatic N) is 1. The van der Waals surface area contributed by atoms with Crippen molar-refractivity contribution in [2.24, 2.45) is 5.41 Å². The van der Waals surface area contributed by atoms with Crippen LogP contribution in [0.1, 0.15) is 25.7 Å². The summed E-state index contributed by atoms with van der Waals surface area (Å²) in [7, 11) is -0.796. The normalized spacial score (nSPS) is 22.6. The Labute approximate surface area is 115 Å². The van der Waals surface area contributed by atoms with Crippen LogP contribution in [0.5, 0.6) is 0 Å². The van der Waals surface area contributed by atoms with E-state index in [1.165, 1.54) is 0 Å². The van der Waals surface area contributed by atoms with Crippen molar-refractivity contribution in [3.63, 3.8) is 0 Å². The van der Waals surface area contributed by atoms with Crippen LogP contribution in [0.3, 0.4) is 0 Å². The highest BCUT2D eigenvalue weighted by Gasteiger charge is 2.39. The molecule has 0 aromatic carbocycles. The summed E-state index contributed by atoms with van der Waals surface area (Å²) in [4.78, 5) is 24.4. The first-order valence-electron chi connectivity index (χ1n) is 6.60. The maximum Gasteiger partial charge on any atom is 0.317 e. The van der Waals surface area contributed by atoms with Gasteiger partial charge in [-0.05, 0) is 18.3 Å². The molecule has 0 aromatic rings. The maximum absolute atomic E-state index is 11.9. The van der Waals surface area contributed by atoms with Crippen molar-refractivity contribution in [3.8, 4) is 0 Å². The molecular formula is C12H20N2O4S. The molecule has 1 aliphatic carbocycles. The number of carboxylic acid groups (broad SMARTS) is 1. The molecule has 0 spiro atoms. The number of amides is 2. The predicted molar refractivity (Wildman–Crippen MR) is 71.4 cm³/mol. The molecule has 2 N–H and O–H groups in total. The van der Waals surface area contributed by atoms with Crippen molar-refractivity contribution < 1.29 is 18.9 Å². The lowest BCUT2D eigenvalue weighted by Gasteiger charge is -2.41. The summed E-state index contributed by atoms with van der Waals surface area (Å²) in [5.41, 5.74) is -0.250. The summed E-state index contributed by atoms with van der Waals surface area (Å²) < 4.78 is 11.2. The first kappa shape index (κ1) is 14.3. The van der Waals surface area contributed by atoms with Crippen LogP contribution in [0.4, 0.5) is 4.79 Å². The molecule has 6 nitrogen and oxygen atoms in total. The topological polar surface area (TPSA) is 86.7 Å². The third-order valence-electron chi connectivity index (χ3n) is 4.02. The average Bonchev–Trinajstić information content (AvgIpc) is 2.32. The van der Waals surface area contributed by atoms with Gasteiger partial charge in [-0.3, -0.25) is 9.00 Å². The fourth-order valence-corrected chi connectivity index (χ4v) is 3.68. The Hall–Kier alpha value is -1.11. The molecule has 19 heavy (non-hydrogen) atoms. The number of carbonyl (C=O) groups is 2. The maximum atomic E-state index is 11.9. The molecule has 0 atom stereocenters. The van der Waals surface area contributed by atoms with Gasteiger partial charge < -0.3 is 15.3 Å². The highest BCUT2D eigenvalue weighted by Crippen LogP contribution is 2.43. The van der Waals surface area contributed by atoms with Crippen molar-refractivity contribution in [3.05, 3.63) is 0 Å². The largest absolute Gasteiger partial charge is 0.481 e. The van der Waals surface area contributed by atoms with Crippen molar-refractivity contribution in [2.75, 3.05) is 31.1 Å². The Morgan fingerprint density at radius 3 is 2.37 bits per heavy atom. The fourth-order valence-electron chi connectivity index (χ4n) is 2.63.